The van der Waals surface area contributed by atoms with Crippen LogP contribution in [0.3, 0.4) is 0 Å². The molecule has 2 N–H and O–H groups in total. The number of aryl methyl sites for hydroxylation is 2. The number of carbonyl (C=O) groups is 1. The highest BCUT2D eigenvalue weighted by Gasteiger charge is 2.07. The number of benzene rings is 1. The minimum atomic E-state index is -0.334. The summed E-state index contributed by atoms with van der Waals surface area (Å²) in [5.41, 5.74) is 7.92. The quantitative estimate of drug-likeness (QED) is 0.789. The van der Waals surface area contributed by atoms with E-state index in [0.717, 1.165) is 6.42 Å². The van der Waals surface area contributed by atoms with Gasteiger partial charge in [0.15, 0.2) is 0 Å². The highest BCUT2D eigenvalue weighted by molar-refractivity contribution is 5.83. The average molecular weight is 191 g/mol. The molecule has 0 aromatic heterocycles. The molecule has 0 heterocycles. The summed E-state index contributed by atoms with van der Waals surface area (Å²) in [7, 11) is 0. The molecule has 0 amide bonds. The van der Waals surface area contributed by atoms with E-state index in [-0.39, 0.29) is 11.8 Å². The third kappa shape index (κ3) is 3.30. The molecular formula is C12H17NO. The van der Waals surface area contributed by atoms with Crippen molar-refractivity contribution in [2.75, 3.05) is 0 Å². The van der Waals surface area contributed by atoms with E-state index in [9.17, 15) is 4.79 Å². The fraction of sp³-hybridized carbons (Fsp3) is 0.417. The molecule has 0 radical (unpaired) electrons. The van der Waals surface area contributed by atoms with Crippen LogP contribution in [-0.2, 0) is 11.2 Å². The van der Waals surface area contributed by atoms with Crippen molar-refractivity contribution in [3.63, 3.8) is 0 Å². The predicted molar refractivity (Wildman–Crippen MR) is 58.2 cm³/mol. The van der Waals surface area contributed by atoms with Crippen LogP contribution < -0.4 is 5.73 Å². The molecular weight excluding hydrogens is 174 g/mol. The lowest BCUT2D eigenvalue weighted by Crippen LogP contribution is -2.26. The van der Waals surface area contributed by atoms with E-state index in [4.69, 9.17) is 5.73 Å². The summed E-state index contributed by atoms with van der Waals surface area (Å²) < 4.78 is 0. The highest BCUT2D eigenvalue weighted by atomic mass is 16.1. The molecule has 2 nitrogen and oxygen atoms in total. The van der Waals surface area contributed by atoms with Crippen LogP contribution in [0.2, 0.25) is 0 Å². The van der Waals surface area contributed by atoms with Crippen molar-refractivity contribution < 1.29 is 4.79 Å². The van der Waals surface area contributed by atoms with Crippen LogP contribution >= 0.6 is 0 Å². The Morgan fingerprint density at radius 1 is 1.50 bits per heavy atom. The Morgan fingerprint density at radius 2 is 2.21 bits per heavy atom. The zero-order valence-electron chi connectivity index (χ0n) is 8.79. The fourth-order valence-corrected chi connectivity index (χ4v) is 1.36. The molecule has 0 saturated carbocycles. The predicted octanol–water partition coefficient (Wildman–Crippen LogP) is 1.84. The Balaban J connectivity index is 2.50. The molecule has 0 saturated heterocycles. The van der Waals surface area contributed by atoms with E-state index in [1.165, 1.54) is 11.1 Å². The van der Waals surface area contributed by atoms with E-state index in [1.807, 2.05) is 12.1 Å². The van der Waals surface area contributed by atoms with Gasteiger partial charge in [-0.3, -0.25) is 4.79 Å². The van der Waals surface area contributed by atoms with E-state index >= 15 is 0 Å². The third-order valence-electron chi connectivity index (χ3n) is 2.25. The van der Waals surface area contributed by atoms with Crippen molar-refractivity contribution in [2.45, 2.75) is 32.7 Å². The van der Waals surface area contributed by atoms with Gasteiger partial charge in [0.1, 0.15) is 5.78 Å². The Labute approximate surface area is 85.1 Å². The lowest BCUT2D eigenvalue weighted by Gasteiger charge is -2.04. The van der Waals surface area contributed by atoms with Crippen LogP contribution in [0.15, 0.2) is 24.3 Å². The van der Waals surface area contributed by atoms with E-state index in [2.05, 4.69) is 19.1 Å². The summed E-state index contributed by atoms with van der Waals surface area (Å²) in [6, 6.07) is 7.88. The third-order valence-corrected chi connectivity index (χ3v) is 2.25. The van der Waals surface area contributed by atoms with Crippen LogP contribution in [0, 0.1) is 6.92 Å². The highest BCUT2D eigenvalue weighted by Crippen LogP contribution is 2.07. The van der Waals surface area contributed by atoms with Crippen molar-refractivity contribution in [1.82, 2.24) is 0 Å². The van der Waals surface area contributed by atoms with E-state index < -0.39 is 0 Å². The van der Waals surface area contributed by atoms with Crippen molar-refractivity contribution in [3.05, 3.63) is 35.4 Å². The van der Waals surface area contributed by atoms with Gasteiger partial charge in [-0.05, 0) is 25.8 Å². The van der Waals surface area contributed by atoms with Crippen LogP contribution in [-0.4, -0.2) is 11.8 Å². The maximum atomic E-state index is 11.3. The summed E-state index contributed by atoms with van der Waals surface area (Å²) in [5, 5.41) is 0. The van der Waals surface area contributed by atoms with Gasteiger partial charge in [-0.25, -0.2) is 0 Å². The number of hydrogen-bond acceptors (Lipinski definition) is 2. The van der Waals surface area contributed by atoms with Crippen LogP contribution in [0.4, 0.5) is 0 Å². The van der Waals surface area contributed by atoms with Gasteiger partial charge in [-0.15, -0.1) is 0 Å². The van der Waals surface area contributed by atoms with Gasteiger partial charge in [0.05, 0.1) is 6.04 Å². The largest absolute Gasteiger partial charge is 0.322 e. The van der Waals surface area contributed by atoms with Gasteiger partial charge >= 0.3 is 0 Å². The van der Waals surface area contributed by atoms with Crippen LogP contribution in [0.1, 0.15) is 24.5 Å². The molecule has 14 heavy (non-hydrogen) atoms. The Kier molecular flexibility index (Phi) is 3.84. The summed E-state index contributed by atoms with van der Waals surface area (Å²) >= 11 is 0. The smallest absolute Gasteiger partial charge is 0.149 e. The standard InChI is InChI=1S/C12H17NO/c1-9-4-3-5-11(8-9)6-7-12(14)10(2)13/h3-5,8,10H,6-7,13H2,1-2H3. The summed E-state index contributed by atoms with van der Waals surface area (Å²) in [6.45, 7) is 3.79. The van der Waals surface area contributed by atoms with E-state index in [1.54, 1.807) is 6.92 Å². The maximum absolute atomic E-state index is 11.3. The number of ketones is 1. The van der Waals surface area contributed by atoms with E-state index in [0.29, 0.717) is 6.42 Å². The minimum Gasteiger partial charge on any atom is -0.322 e. The molecule has 2 heteroatoms. The first-order valence-electron chi connectivity index (χ1n) is 4.93. The average Bonchev–Trinajstić information content (AvgIpc) is 2.14. The molecule has 0 spiro atoms. The lowest BCUT2D eigenvalue weighted by molar-refractivity contribution is -0.119. The molecule has 1 rings (SSSR count). The van der Waals surface area contributed by atoms with Gasteiger partial charge in [0, 0.05) is 6.42 Å². The van der Waals surface area contributed by atoms with Crippen LogP contribution in [0.5, 0.6) is 0 Å². The molecule has 1 unspecified atom stereocenters. The molecule has 1 aromatic carbocycles. The topological polar surface area (TPSA) is 43.1 Å². The number of hydrogen-bond donors (Lipinski definition) is 1. The second-order valence-electron chi connectivity index (χ2n) is 3.74. The summed E-state index contributed by atoms with van der Waals surface area (Å²) in [4.78, 5) is 11.3. The molecule has 0 aliphatic heterocycles. The molecule has 0 aliphatic rings. The normalized spacial score (nSPS) is 12.5. The SMILES string of the molecule is Cc1cccc(CCC(=O)C(C)N)c1. The van der Waals surface area contributed by atoms with Gasteiger partial charge in [-0.1, -0.05) is 29.8 Å². The second-order valence-corrected chi connectivity index (χ2v) is 3.74. The number of carbonyl (C=O) groups excluding carboxylic acids is 1. The Hall–Kier alpha value is -1.15. The fourth-order valence-electron chi connectivity index (χ4n) is 1.36. The van der Waals surface area contributed by atoms with Gasteiger partial charge in [0.25, 0.3) is 0 Å². The molecule has 0 bridgehead atoms. The number of nitrogens with two attached hydrogens (primary N) is 1. The zero-order chi connectivity index (χ0) is 10.6. The minimum absolute atomic E-state index is 0.131. The molecule has 1 aromatic rings. The molecule has 0 aliphatic carbocycles. The maximum Gasteiger partial charge on any atom is 0.149 e. The number of rotatable bonds is 4. The second kappa shape index (κ2) is 4.91. The van der Waals surface area contributed by atoms with Crippen molar-refractivity contribution in [2.24, 2.45) is 5.73 Å². The van der Waals surface area contributed by atoms with Gasteiger partial charge in [-0.2, -0.15) is 0 Å². The lowest BCUT2D eigenvalue weighted by atomic mass is 10.0. The number of Topliss-reactive ketones (excluding diaryl/α,β-unsaturated/α-hetero) is 1. The molecule has 76 valence electrons. The summed E-state index contributed by atoms with van der Waals surface area (Å²) in [6.07, 6.45) is 1.34. The van der Waals surface area contributed by atoms with Gasteiger partial charge < -0.3 is 5.73 Å². The first kappa shape index (κ1) is 10.9. The van der Waals surface area contributed by atoms with Gasteiger partial charge in [0.2, 0.25) is 0 Å². The first-order valence-corrected chi connectivity index (χ1v) is 4.93. The first-order chi connectivity index (χ1) is 6.59. The van der Waals surface area contributed by atoms with Crippen molar-refractivity contribution >= 4 is 5.78 Å². The molecule has 1 atom stereocenters. The Morgan fingerprint density at radius 3 is 2.79 bits per heavy atom. The zero-order valence-corrected chi connectivity index (χ0v) is 8.79. The monoisotopic (exact) mass is 191 g/mol. The van der Waals surface area contributed by atoms with Crippen LogP contribution in [0.25, 0.3) is 0 Å². The summed E-state index contributed by atoms with van der Waals surface area (Å²) in [5.74, 6) is 0.131. The Bertz CT molecular complexity index is 318. The molecule has 0 fully saturated rings. The van der Waals surface area contributed by atoms with Crippen molar-refractivity contribution in [3.8, 4) is 0 Å². The van der Waals surface area contributed by atoms with Crippen molar-refractivity contribution in [1.29, 1.82) is 0 Å².